The third-order valence-electron chi connectivity index (χ3n) is 5.19. The Bertz CT molecular complexity index is 1100. The highest BCUT2D eigenvalue weighted by molar-refractivity contribution is 6.31. The molecule has 0 spiro atoms. The lowest BCUT2D eigenvalue weighted by Gasteiger charge is -2.39. The summed E-state index contributed by atoms with van der Waals surface area (Å²) in [5.41, 5.74) is 7.57. The zero-order valence-corrected chi connectivity index (χ0v) is 17.1. The van der Waals surface area contributed by atoms with Crippen molar-refractivity contribution in [2.75, 3.05) is 7.11 Å². The van der Waals surface area contributed by atoms with Gasteiger partial charge < -0.3 is 14.9 Å². The highest BCUT2D eigenvalue weighted by Gasteiger charge is 2.40. The Hall–Kier alpha value is -2.66. The van der Waals surface area contributed by atoms with Gasteiger partial charge in [-0.2, -0.15) is 5.01 Å². The summed E-state index contributed by atoms with van der Waals surface area (Å²) in [5.74, 6) is 1.64. The number of methoxy groups -OCH3 is 1. The molecular formula is C23H18Cl2N2O2. The van der Waals surface area contributed by atoms with Crippen LogP contribution >= 0.6 is 23.2 Å². The Morgan fingerprint density at radius 2 is 1.76 bits per heavy atom. The Balaban J connectivity index is 1.57. The van der Waals surface area contributed by atoms with Gasteiger partial charge in [0.25, 0.3) is 0 Å². The fourth-order valence-corrected chi connectivity index (χ4v) is 4.16. The minimum absolute atomic E-state index is 0.0291. The van der Waals surface area contributed by atoms with E-state index in [2.05, 4.69) is 16.5 Å². The summed E-state index contributed by atoms with van der Waals surface area (Å²) in [6.45, 7) is 0. The van der Waals surface area contributed by atoms with Crippen molar-refractivity contribution in [3.63, 3.8) is 0 Å². The van der Waals surface area contributed by atoms with E-state index < -0.39 is 0 Å². The maximum atomic E-state index is 6.36. The monoisotopic (exact) mass is 424 g/mol. The molecule has 6 heteroatoms. The molecule has 0 amide bonds. The maximum absolute atomic E-state index is 6.36. The van der Waals surface area contributed by atoms with Gasteiger partial charge in [-0.1, -0.05) is 35.3 Å². The van der Waals surface area contributed by atoms with Crippen LogP contribution < -0.4 is 14.9 Å². The molecule has 2 heterocycles. The molecule has 3 aromatic rings. The van der Waals surface area contributed by atoms with Gasteiger partial charge in [0, 0.05) is 21.2 Å². The van der Waals surface area contributed by atoms with Gasteiger partial charge in [0.1, 0.15) is 11.5 Å². The SMILES string of the molecule is COc1ccc(C2=CC3c4cc(Cl)ccc4OC(c4cccc(Cl)c4)N3N2)cc1. The highest BCUT2D eigenvalue weighted by Crippen LogP contribution is 2.46. The van der Waals surface area contributed by atoms with Crippen LogP contribution in [0, 0.1) is 0 Å². The van der Waals surface area contributed by atoms with Crippen LogP contribution in [0.25, 0.3) is 5.70 Å². The molecule has 5 rings (SSSR count). The smallest absolute Gasteiger partial charge is 0.196 e. The number of hydrogen-bond donors (Lipinski definition) is 1. The first-order valence-corrected chi connectivity index (χ1v) is 10.0. The number of benzene rings is 3. The lowest BCUT2D eigenvalue weighted by molar-refractivity contribution is -0.0326. The summed E-state index contributed by atoms with van der Waals surface area (Å²) in [6, 6.07) is 21.4. The Morgan fingerprint density at radius 3 is 2.52 bits per heavy atom. The van der Waals surface area contributed by atoms with Gasteiger partial charge in [-0.3, -0.25) is 0 Å². The van der Waals surface area contributed by atoms with Crippen molar-refractivity contribution in [1.29, 1.82) is 0 Å². The number of rotatable bonds is 3. The summed E-state index contributed by atoms with van der Waals surface area (Å²) >= 11 is 12.5. The van der Waals surface area contributed by atoms with Crippen LogP contribution in [0.4, 0.5) is 0 Å². The van der Waals surface area contributed by atoms with Gasteiger partial charge in [0.2, 0.25) is 0 Å². The largest absolute Gasteiger partial charge is 0.497 e. The average molecular weight is 425 g/mol. The van der Waals surface area contributed by atoms with E-state index >= 15 is 0 Å². The minimum atomic E-state index is -0.334. The van der Waals surface area contributed by atoms with Crippen molar-refractivity contribution in [2.45, 2.75) is 12.3 Å². The molecule has 146 valence electrons. The number of nitrogens with one attached hydrogen (secondary N) is 1. The second kappa shape index (κ2) is 7.30. The zero-order valence-electron chi connectivity index (χ0n) is 15.6. The molecule has 0 aromatic heterocycles. The van der Waals surface area contributed by atoms with E-state index in [1.165, 1.54) is 0 Å². The van der Waals surface area contributed by atoms with E-state index in [1.807, 2.05) is 66.7 Å². The lowest BCUT2D eigenvalue weighted by atomic mass is 10.0. The van der Waals surface area contributed by atoms with E-state index in [0.29, 0.717) is 10.0 Å². The van der Waals surface area contributed by atoms with E-state index in [-0.39, 0.29) is 12.3 Å². The second-order valence-corrected chi connectivity index (χ2v) is 7.85. The van der Waals surface area contributed by atoms with Crippen LogP contribution in [0.2, 0.25) is 10.0 Å². The molecule has 0 saturated heterocycles. The predicted octanol–water partition coefficient (Wildman–Crippen LogP) is 6.00. The molecule has 3 aromatic carbocycles. The highest BCUT2D eigenvalue weighted by atomic mass is 35.5. The van der Waals surface area contributed by atoms with Crippen LogP contribution in [0.3, 0.4) is 0 Å². The van der Waals surface area contributed by atoms with E-state index in [9.17, 15) is 0 Å². The van der Waals surface area contributed by atoms with Gasteiger partial charge in [-0.05, 0) is 66.2 Å². The number of hydrazine groups is 1. The quantitative estimate of drug-likeness (QED) is 0.559. The van der Waals surface area contributed by atoms with Gasteiger partial charge in [0.15, 0.2) is 6.23 Å². The maximum Gasteiger partial charge on any atom is 0.196 e. The topological polar surface area (TPSA) is 33.7 Å². The van der Waals surface area contributed by atoms with Crippen molar-refractivity contribution >= 4 is 28.9 Å². The normalized spacial score (nSPS) is 20.2. The van der Waals surface area contributed by atoms with Crippen LogP contribution in [0.15, 0.2) is 72.8 Å². The van der Waals surface area contributed by atoms with Crippen molar-refractivity contribution in [2.24, 2.45) is 0 Å². The Labute approximate surface area is 179 Å². The van der Waals surface area contributed by atoms with Crippen molar-refractivity contribution in [3.8, 4) is 11.5 Å². The lowest BCUT2D eigenvalue weighted by Crippen LogP contribution is -2.43. The van der Waals surface area contributed by atoms with Gasteiger partial charge in [-0.25, -0.2) is 0 Å². The summed E-state index contributed by atoms with van der Waals surface area (Å²) < 4.78 is 11.6. The summed E-state index contributed by atoms with van der Waals surface area (Å²) in [4.78, 5) is 0. The summed E-state index contributed by atoms with van der Waals surface area (Å²) in [7, 11) is 1.66. The molecule has 0 saturated carbocycles. The summed E-state index contributed by atoms with van der Waals surface area (Å²) in [5, 5.41) is 3.44. The fourth-order valence-electron chi connectivity index (χ4n) is 3.78. The number of hydrogen-bond acceptors (Lipinski definition) is 4. The minimum Gasteiger partial charge on any atom is -0.497 e. The molecular weight excluding hydrogens is 407 g/mol. The van der Waals surface area contributed by atoms with Crippen LogP contribution in [-0.4, -0.2) is 12.1 Å². The molecule has 2 aliphatic rings. The van der Waals surface area contributed by atoms with Crippen LogP contribution in [-0.2, 0) is 0 Å². The first-order valence-electron chi connectivity index (χ1n) is 9.25. The molecule has 0 bridgehead atoms. The molecule has 1 N–H and O–H groups in total. The van der Waals surface area contributed by atoms with E-state index in [0.717, 1.165) is 33.9 Å². The van der Waals surface area contributed by atoms with Gasteiger partial charge in [-0.15, -0.1) is 0 Å². The molecule has 0 radical (unpaired) electrons. The molecule has 2 unspecified atom stereocenters. The van der Waals surface area contributed by atoms with E-state index in [1.54, 1.807) is 7.11 Å². The Morgan fingerprint density at radius 1 is 0.966 bits per heavy atom. The first kappa shape index (κ1) is 18.4. The van der Waals surface area contributed by atoms with Gasteiger partial charge in [0.05, 0.1) is 18.8 Å². The number of halogens is 2. The first-order chi connectivity index (χ1) is 14.1. The predicted molar refractivity (Wildman–Crippen MR) is 115 cm³/mol. The zero-order chi connectivity index (χ0) is 20.0. The molecule has 4 nitrogen and oxygen atoms in total. The molecule has 0 fully saturated rings. The average Bonchev–Trinajstić information content (AvgIpc) is 3.19. The Kier molecular flexibility index (Phi) is 4.63. The third-order valence-corrected chi connectivity index (χ3v) is 5.66. The molecule has 29 heavy (non-hydrogen) atoms. The third kappa shape index (κ3) is 3.33. The second-order valence-electron chi connectivity index (χ2n) is 6.98. The molecule has 2 atom stereocenters. The van der Waals surface area contributed by atoms with Crippen LogP contribution in [0.1, 0.15) is 29.0 Å². The van der Waals surface area contributed by atoms with E-state index in [4.69, 9.17) is 32.7 Å². The van der Waals surface area contributed by atoms with Crippen molar-refractivity contribution in [3.05, 3.63) is 99.5 Å². The summed E-state index contributed by atoms with van der Waals surface area (Å²) in [6.07, 6.45) is 1.86. The van der Waals surface area contributed by atoms with Crippen LogP contribution in [0.5, 0.6) is 11.5 Å². The standard InChI is InChI=1S/C23H18Cl2N2O2/c1-28-18-8-5-14(6-9-18)20-13-21-19-12-17(25)7-10-22(19)29-23(27(21)26-20)15-3-2-4-16(24)11-15/h2-13,21,23,26H,1H3. The number of nitrogens with zero attached hydrogens (tertiary/aromatic N) is 1. The number of fused-ring (bicyclic) bond motifs is 3. The molecule has 2 aliphatic heterocycles. The number of ether oxygens (including phenoxy) is 2. The molecule has 0 aliphatic carbocycles. The fraction of sp³-hybridized carbons (Fsp3) is 0.130. The van der Waals surface area contributed by atoms with Crippen molar-refractivity contribution in [1.82, 2.24) is 10.4 Å². The van der Waals surface area contributed by atoms with Gasteiger partial charge >= 0.3 is 0 Å². The van der Waals surface area contributed by atoms with Crippen molar-refractivity contribution < 1.29 is 9.47 Å².